The molecule has 0 saturated carbocycles. The zero-order chi connectivity index (χ0) is 18.6. The van der Waals surface area contributed by atoms with Crippen molar-refractivity contribution >= 4 is 5.91 Å². The Morgan fingerprint density at radius 3 is 2.19 bits per heavy atom. The topological polar surface area (TPSA) is 32.3 Å². The fourth-order valence-electron chi connectivity index (χ4n) is 3.20. The van der Waals surface area contributed by atoms with Gasteiger partial charge in [-0.15, -0.1) is 0 Å². The molecule has 3 nitrogen and oxygen atoms in total. The van der Waals surface area contributed by atoms with E-state index in [1.54, 1.807) is 0 Å². The van der Waals surface area contributed by atoms with Crippen molar-refractivity contribution in [2.24, 2.45) is 0 Å². The zero-order valence-corrected chi connectivity index (χ0v) is 14.3. The molecule has 1 heterocycles. The number of benzene rings is 2. The number of amides is 1. The first-order valence-electron chi connectivity index (χ1n) is 8.69. The lowest BCUT2D eigenvalue weighted by molar-refractivity contribution is -0.137. The molecule has 6 heteroatoms. The number of hydrogen-bond acceptors (Lipinski definition) is 2. The third-order valence-electron chi connectivity index (χ3n) is 4.62. The molecule has 1 saturated heterocycles. The van der Waals surface area contributed by atoms with Crippen molar-refractivity contribution in [1.82, 2.24) is 10.2 Å². The van der Waals surface area contributed by atoms with E-state index in [-0.39, 0.29) is 17.5 Å². The number of hydrogen-bond donors (Lipinski definition) is 1. The average Bonchev–Trinajstić information content (AvgIpc) is 3.14. The number of carbonyl (C=O) groups excluding carboxylic acids is 1. The molecule has 26 heavy (non-hydrogen) atoms. The van der Waals surface area contributed by atoms with Crippen LogP contribution in [0.5, 0.6) is 0 Å². The number of alkyl halides is 3. The van der Waals surface area contributed by atoms with Crippen LogP contribution in [0.25, 0.3) is 0 Å². The molecule has 1 unspecified atom stereocenters. The second-order valence-corrected chi connectivity index (χ2v) is 6.52. The van der Waals surface area contributed by atoms with Crippen molar-refractivity contribution < 1.29 is 18.0 Å². The fourth-order valence-corrected chi connectivity index (χ4v) is 3.20. The Hall–Kier alpha value is -2.34. The second kappa shape index (κ2) is 7.91. The normalized spacial score (nSPS) is 16.4. The summed E-state index contributed by atoms with van der Waals surface area (Å²) in [4.78, 5) is 14.8. The van der Waals surface area contributed by atoms with Gasteiger partial charge in [-0.05, 0) is 55.8 Å². The van der Waals surface area contributed by atoms with Gasteiger partial charge in [0.15, 0.2) is 0 Å². The van der Waals surface area contributed by atoms with Crippen LogP contribution in [-0.2, 0) is 6.18 Å². The summed E-state index contributed by atoms with van der Waals surface area (Å²) in [6.07, 6.45) is -2.11. The molecular formula is C20H21F3N2O. The van der Waals surface area contributed by atoms with E-state index in [1.807, 2.05) is 30.3 Å². The van der Waals surface area contributed by atoms with Gasteiger partial charge < -0.3 is 10.2 Å². The number of nitrogens with one attached hydrogen (secondary N) is 1. The van der Waals surface area contributed by atoms with E-state index in [0.29, 0.717) is 6.54 Å². The second-order valence-electron chi connectivity index (χ2n) is 6.52. The van der Waals surface area contributed by atoms with Crippen LogP contribution in [0, 0.1) is 0 Å². The molecule has 1 fully saturated rings. The van der Waals surface area contributed by atoms with Crippen molar-refractivity contribution in [1.29, 1.82) is 0 Å². The Morgan fingerprint density at radius 1 is 1.00 bits per heavy atom. The smallest absolute Gasteiger partial charge is 0.344 e. The van der Waals surface area contributed by atoms with Crippen LogP contribution in [0.15, 0.2) is 54.6 Å². The van der Waals surface area contributed by atoms with E-state index in [2.05, 4.69) is 10.2 Å². The maximum atomic E-state index is 12.7. The van der Waals surface area contributed by atoms with Crippen LogP contribution in [0.4, 0.5) is 13.2 Å². The molecule has 1 atom stereocenters. The Labute approximate surface area is 150 Å². The van der Waals surface area contributed by atoms with Crippen LogP contribution in [0.1, 0.15) is 40.4 Å². The minimum Gasteiger partial charge on any atom is -0.344 e. The molecule has 1 amide bonds. The van der Waals surface area contributed by atoms with Crippen LogP contribution in [-0.4, -0.2) is 30.4 Å². The Morgan fingerprint density at radius 2 is 1.62 bits per heavy atom. The van der Waals surface area contributed by atoms with Crippen molar-refractivity contribution in [3.05, 3.63) is 71.3 Å². The molecule has 0 aliphatic carbocycles. The summed E-state index contributed by atoms with van der Waals surface area (Å²) in [5.41, 5.74) is 0.450. The number of rotatable bonds is 5. The quantitative estimate of drug-likeness (QED) is 0.861. The summed E-state index contributed by atoms with van der Waals surface area (Å²) in [6.45, 7) is 2.69. The van der Waals surface area contributed by atoms with Crippen LogP contribution in [0.3, 0.4) is 0 Å². The van der Waals surface area contributed by atoms with Crippen LogP contribution in [0.2, 0.25) is 0 Å². The lowest BCUT2D eigenvalue weighted by Crippen LogP contribution is -2.37. The first-order valence-corrected chi connectivity index (χ1v) is 8.69. The van der Waals surface area contributed by atoms with Gasteiger partial charge in [0, 0.05) is 12.1 Å². The summed E-state index contributed by atoms with van der Waals surface area (Å²) in [6, 6.07) is 13.7. The van der Waals surface area contributed by atoms with Crippen molar-refractivity contribution in [2.45, 2.75) is 25.1 Å². The molecule has 0 bridgehead atoms. The summed E-state index contributed by atoms with van der Waals surface area (Å²) in [5, 5.41) is 2.97. The lowest BCUT2D eigenvalue weighted by atomic mass is 10.1. The minimum absolute atomic E-state index is 0.205. The third-order valence-corrected chi connectivity index (χ3v) is 4.62. The molecule has 1 N–H and O–H groups in total. The van der Waals surface area contributed by atoms with E-state index in [9.17, 15) is 18.0 Å². The predicted molar refractivity (Wildman–Crippen MR) is 93.8 cm³/mol. The highest BCUT2D eigenvalue weighted by Crippen LogP contribution is 2.29. The Bertz CT molecular complexity index is 723. The Balaban J connectivity index is 1.74. The van der Waals surface area contributed by atoms with E-state index < -0.39 is 11.7 Å². The monoisotopic (exact) mass is 362 g/mol. The molecular weight excluding hydrogens is 341 g/mol. The van der Waals surface area contributed by atoms with Gasteiger partial charge in [0.1, 0.15) is 0 Å². The molecule has 2 aromatic rings. The van der Waals surface area contributed by atoms with Gasteiger partial charge in [-0.1, -0.05) is 30.3 Å². The molecule has 0 radical (unpaired) electrons. The number of carbonyl (C=O) groups is 1. The van der Waals surface area contributed by atoms with Gasteiger partial charge in [-0.3, -0.25) is 4.79 Å². The molecule has 2 aromatic carbocycles. The van der Waals surface area contributed by atoms with E-state index >= 15 is 0 Å². The van der Waals surface area contributed by atoms with Crippen LogP contribution >= 0.6 is 0 Å². The Kier molecular flexibility index (Phi) is 5.61. The van der Waals surface area contributed by atoms with Gasteiger partial charge in [-0.25, -0.2) is 0 Å². The SMILES string of the molecule is O=C(NC(CN1CCCC1)c1ccccc1)c1ccc(C(F)(F)F)cc1. The molecule has 3 rings (SSSR count). The fraction of sp³-hybridized carbons (Fsp3) is 0.350. The highest BCUT2D eigenvalue weighted by Gasteiger charge is 2.30. The zero-order valence-electron chi connectivity index (χ0n) is 14.3. The molecule has 0 aromatic heterocycles. The van der Waals surface area contributed by atoms with Gasteiger partial charge >= 0.3 is 6.18 Å². The maximum Gasteiger partial charge on any atom is 0.416 e. The summed E-state index contributed by atoms with van der Waals surface area (Å²) in [7, 11) is 0. The number of likely N-dealkylation sites (tertiary alicyclic amines) is 1. The first kappa shape index (κ1) is 18.5. The third kappa shape index (κ3) is 4.64. The van der Waals surface area contributed by atoms with Crippen molar-refractivity contribution in [3.8, 4) is 0 Å². The van der Waals surface area contributed by atoms with Gasteiger partial charge in [0.25, 0.3) is 5.91 Å². The molecule has 1 aliphatic rings. The van der Waals surface area contributed by atoms with E-state index in [1.165, 1.54) is 12.1 Å². The van der Waals surface area contributed by atoms with Gasteiger partial charge in [0.2, 0.25) is 0 Å². The van der Waals surface area contributed by atoms with Gasteiger partial charge in [-0.2, -0.15) is 13.2 Å². The maximum absolute atomic E-state index is 12.7. The van der Waals surface area contributed by atoms with Gasteiger partial charge in [0.05, 0.1) is 11.6 Å². The minimum atomic E-state index is -4.41. The van der Waals surface area contributed by atoms with Crippen LogP contribution < -0.4 is 5.32 Å². The molecule has 138 valence electrons. The first-order chi connectivity index (χ1) is 12.4. The highest BCUT2D eigenvalue weighted by atomic mass is 19.4. The number of halogens is 3. The molecule has 0 spiro atoms. The summed E-state index contributed by atoms with van der Waals surface area (Å²) < 4.78 is 38.0. The van der Waals surface area contributed by atoms with E-state index in [4.69, 9.17) is 0 Å². The van der Waals surface area contributed by atoms with E-state index in [0.717, 1.165) is 43.6 Å². The molecule has 1 aliphatic heterocycles. The largest absolute Gasteiger partial charge is 0.416 e. The van der Waals surface area contributed by atoms with Crippen molar-refractivity contribution in [2.75, 3.05) is 19.6 Å². The standard InChI is InChI=1S/C20H21F3N2O/c21-20(22,23)17-10-8-16(9-11-17)19(26)24-18(14-25-12-4-5-13-25)15-6-2-1-3-7-15/h1-3,6-11,18H,4-5,12-14H2,(H,24,26). The van der Waals surface area contributed by atoms with Crippen molar-refractivity contribution in [3.63, 3.8) is 0 Å². The lowest BCUT2D eigenvalue weighted by Gasteiger charge is -2.25. The number of nitrogens with zero attached hydrogens (tertiary/aromatic N) is 1. The predicted octanol–water partition coefficient (Wildman–Crippen LogP) is 4.27. The average molecular weight is 362 g/mol. The highest BCUT2D eigenvalue weighted by molar-refractivity contribution is 5.94. The summed E-state index contributed by atoms with van der Waals surface area (Å²) >= 11 is 0. The summed E-state index contributed by atoms with van der Waals surface area (Å²) in [5.74, 6) is -0.369.